The molecule has 0 spiro atoms. The van der Waals surface area contributed by atoms with Crippen LogP contribution in [-0.4, -0.2) is 36.8 Å². The lowest BCUT2D eigenvalue weighted by Crippen LogP contribution is -2.29. The molecule has 0 aliphatic carbocycles. The molecule has 1 aromatic heterocycles. The SMILES string of the molecule is CNC(=O)NSCCN(C)c1ccsn1. The lowest BCUT2D eigenvalue weighted by molar-refractivity contribution is 0.248. The van der Waals surface area contributed by atoms with E-state index >= 15 is 0 Å². The monoisotopic (exact) mass is 246 g/mol. The zero-order valence-corrected chi connectivity index (χ0v) is 10.3. The second kappa shape index (κ2) is 6.52. The minimum Gasteiger partial charge on any atom is -0.358 e. The topological polar surface area (TPSA) is 57.3 Å². The van der Waals surface area contributed by atoms with Gasteiger partial charge in [-0.2, -0.15) is 4.37 Å². The predicted octanol–water partition coefficient (Wildman–Crippen LogP) is 1.16. The summed E-state index contributed by atoms with van der Waals surface area (Å²) in [5.74, 6) is 1.79. The molecule has 7 heteroatoms. The number of urea groups is 1. The second-order valence-corrected chi connectivity index (χ2v) is 4.38. The van der Waals surface area contributed by atoms with Crippen LogP contribution < -0.4 is 14.9 Å². The molecule has 15 heavy (non-hydrogen) atoms. The summed E-state index contributed by atoms with van der Waals surface area (Å²) in [7, 11) is 3.58. The van der Waals surface area contributed by atoms with Gasteiger partial charge in [0.2, 0.25) is 0 Å². The maximum atomic E-state index is 10.8. The van der Waals surface area contributed by atoms with E-state index in [0.717, 1.165) is 18.1 Å². The van der Waals surface area contributed by atoms with Crippen LogP contribution in [0.1, 0.15) is 0 Å². The number of anilines is 1. The van der Waals surface area contributed by atoms with Crippen molar-refractivity contribution in [2.45, 2.75) is 0 Å². The van der Waals surface area contributed by atoms with Crippen LogP contribution in [0.2, 0.25) is 0 Å². The van der Waals surface area contributed by atoms with Gasteiger partial charge in [-0.05, 0) is 29.5 Å². The number of rotatable bonds is 5. The Bertz CT molecular complexity index is 291. The number of nitrogens with zero attached hydrogens (tertiary/aromatic N) is 2. The maximum Gasteiger partial charge on any atom is 0.324 e. The predicted molar refractivity (Wildman–Crippen MR) is 65.4 cm³/mol. The molecule has 0 aliphatic rings. The first-order valence-electron chi connectivity index (χ1n) is 4.45. The fourth-order valence-electron chi connectivity index (χ4n) is 0.868. The average Bonchev–Trinajstić information content (AvgIpc) is 2.77. The highest BCUT2D eigenvalue weighted by molar-refractivity contribution is 7.97. The van der Waals surface area contributed by atoms with Crippen LogP contribution in [0.25, 0.3) is 0 Å². The van der Waals surface area contributed by atoms with Gasteiger partial charge in [-0.3, -0.25) is 4.72 Å². The van der Waals surface area contributed by atoms with Crippen LogP contribution in [0.4, 0.5) is 10.6 Å². The molecule has 0 fully saturated rings. The Labute approximate surface area is 97.5 Å². The number of hydrogen-bond donors (Lipinski definition) is 2. The number of nitrogens with one attached hydrogen (secondary N) is 2. The molecule has 5 nitrogen and oxygen atoms in total. The van der Waals surface area contributed by atoms with Crippen molar-refractivity contribution in [1.82, 2.24) is 14.4 Å². The summed E-state index contributed by atoms with van der Waals surface area (Å²) in [5, 5.41) is 4.43. The van der Waals surface area contributed by atoms with Gasteiger partial charge in [-0.25, -0.2) is 4.79 Å². The molecule has 0 saturated carbocycles. The highest BCUT2D eigenvalue weighted by Crippen LogP contribution is 2.11. The van der Waals surface area contributed by atoms with Crippen molar-refractivity contribution in [2.75, 3.05) is 31.3 Å². The molecule has 2 N–H and O–H groups in total. The highest BCUT2D eigenvalue weighted by Gasteiger charge is 2.02. The van der Waals surface area contributed by atoms with Crippen molar-refractivity contribution in [3.05, 3.63) is 11.4 Å². The first-order valence-corrected chi connectivity index (χ1v) is 6.27. The Morgan fingerprint density at radius 1 is 1.73 bits per heavy atom. The van der Waals surface area contributed by atoms with Crippen molar-refractivity contribution < 1.29 is 4.79 Å². The molecule has 0 saturated heterocycles. The molecule has 0 aliphatic heterocycles. The third kappa shape index (κ3) is 4.39. The first kappa shape index (κ1) is 12.1. The standard InChI is InChI=1S/C8H14N4OS2/c1-9-8(13)11-15-6-4-12(2)7-3-5-14-10-7/h3,5H,4,6H2,1-2H3,(H2,9,11,13). The highest BCUT2D eigenvalue weighted by atomic mass is 32.2. The number of carbonyl (C=O) groups is 1. The summed E-state index contributed by atoms with van der Waals surface area (Å²) in [6.07, 6.45) is 0. The van der Waals surface area contributed by atoms with Crippen LogP contribution in [0.5, 0.6) is 0 Å². The van der Waals surface area contributed by atoms with Gasteiger partial charge in [0.05, 0.1) is 0 Å². The van der Waals surface area contributed by atoms with Crippen LogP contribution in [0.15, 0.2) is 11.4 Å². The van der Waals surface area contributed by atoms with Crippen molar-refractivity contribution in [2.24, 2.45) is 0 Å². The number of hydrogen-bond acceptors (Lipinski definition) is 5. The van der Waals surface area contributed by atoms with E-state index in [1.165, 1.54) is 23.5 Å². The fraction of sp³-hybridized carbons (Fsp3) is 0.500. The summed E-state index contributed by atoms with van der Waals surface area (Å²) in [4.78, 5) is 12.9. The molecule has 1 aromatic rings. The quantitative estimate of drug-likeness (QED) is 0.604. The van der Waals surface area contributed by atoms with Gasteiger partial charge in [-0.1, -0.05) is 0 Å². The molecule has 0 radical (unpaired) electrons. The van der Waals surface area contributed by atoms with Crippen molar-refractivity contribution >= 4 is 35.3 Å². The zero-order chi connectivity index (χ0) is 11.1. The Hall–Kier alpha value is -0.950. The molecular formula is C8H14N4OS2. The van der Waals surface area contributed by atoms with Crippen LogP contribution in [-0.2, 0) is 0 Å². The van der Waals surface area contributed by atoms with Gasteiger partial charge in [0.1, 0.15) is 5.82 Å². The largest absolute Gasteiger partial charge is 0.358 e. The van der Waals surface area contributed by atoms with Gasteiger partial charge in [0, 0.05) is 31.8 Å². The van der Waals surface area contributed by atoms with Crippen molar-refractivity contribution in [3.63, 3.8) is 0 Å². The van der Waals surface area contributed by atoms with Gasteiger partial charge >= 0.3 is 6.03 Å². The summed E-state index contributed by atoms with van der Waals surface area (Å²) in [5.41, 5.74) is 0. The van der Waals surface area contributed by atoms with Crippen LogP contribution in [0, 0.1) is 0 Å². The summed E-state index contributed by atoms with van der Waals surface area (Å²) in [6.45, 7) is 0.846. The molecule has 0 atom stereocenters. The van der Waals surface area contributed by atoms with E-state index in [-0.39, 0.29) is 6.03 Å². The molecule has 0 aromatic carbocycles. The minimum absolute atomic E-state index is 0.170. The Morgan fingerprint density at radius 2 is 2.53 bits per heavy atom. The van der Waals surface area contributed by atoms with E-state index in [2.05, 4.69) is 19.3 Å². The van der Waals surface area contributed by atoms with Crippen LogP contribution in [0.3, 0.4) is 0 Å². The van der Waals surface area contributed by atoms with Gasteiger partial charge in [-0.15, -0.1) is 0 Å². The Morgan fingerprint density at radius 3 is 3.13 bits per heavy atom. The number of aromatic nitrogens is 1. The number of amides is 2. The second-order valence-electron chi connectivity index (χ2n) is 2.81. The van der Waals surface area contributed by atoms with Crippen molar-refractivity contribution in [3.8, 4) is 0 Å². The number of carbonyl (C=O) groups excluding carboxylic acids is 1. The molecule has 1 heterocycles. The third-order valence-electron chi connectivity index (χ3n) is 1.74. The fourth-order valence-corrected chi connectivity index (χ4v) is 2.12. The zero-order valence-electron chi connectivity index (χ0n) is 8.69. The van der Waals surface area contributed by atoms with Gasteiger partial charge < -0.3 is 10.2 Å². The molecule has 84 valence electrons. The Balaban J connectivity index is 2.13. The van der Waals surface area contributed by atoms with Crippen LogP contribution >= 0.6 is 23.5 Å². The summed E-state index contributed by atoms with van der Waals surface area (Å²) in [6, 6.07) is 1.80. The van der Waals surface area contributed by atoms with E-state index in [1.807, 2.05) is 18.5 Å². The minimum atomic E-state index is -0.170. The molecule has 2 amide bonds. The van der Waals surface area contributed by atoms with E-state index < -0.39 is 0 Å². The van der Waals surface area contributed by atoms with Gasteiger partial charge in [0.15, 0.2) is 0 Å². The lowest BCUT2D eigenvalue weighted by Gasteiger charge is -2.15. The normalized spacial score (nSPS) is 9.73. The summed E-state index contributed by atoms with van der Waals surface area (Å²) >= 11 is 2.82. The van der Waals surface area contributed by atoms with Gasteiger partial charge in [0.25, 0.3) is 0 Å². The molecule has 0 bridgehead atoms. The van der Waals surface area contributed by atoms with E-state index in [1.54, 1.807) is 7.05 Å². The molecule has 0 unspecified atom stereocenters. The molecular weight excluding hydrogens is 232 g/mol. The third-order valence-corrected chi connectivity index (χ3v) is 3.00. The average molecular weight is 246 g/mol. The maximum absolute atomic E-state index is 10.8. The molecule has 1 rings (SSSR count). The lowest BCUT2D eigenvalue weighted by atomic mass is 10.5. The smallest absolute Gasteiger partial charge is 0.324 e. The van der Waals surface area contributed by atoms with E-state index in [9.17, 15) is 4.79 Å². The summed E-state index contributed by atoms with van der Waals surface area (Å²) < 4.78 is 6.86. The Kier molecular flexibility index (Phi) is 5.27. The van der Waals surface area contributed by atoms with E-state index in [4.69, 9.17) is 0 Å². The first-order chi connectivity index (χ1) is 7.24. The van der Waals surface area contributed by atoms with Crippen molar-refractivity contribution in [1.29, 1.82) is 0 Å². The van der Waals surface area contributed by atoms with E-state index in [0.29, 0.717) is 0 Å².